The van der Waals surface area contributed by atoms with E-state index in [0.29, 0.717) is 43.5 Å². The number of nitrogens with one attached hydrogen (secondary N) is 2. The number of aromatic carboxylic acids is 1. The molecule has 3 aromatic rings. The molecule has 1 aliphatic rings. The third-order valence-corrected chi connectivity index (χ3v) is 5.91. The summed E-state index contributed by atoms with van der Waals surface area (Å²) >= 11 is 0. The van der Waals surface area contributed by atoms with E-state index < -0.39 is 22.8 Å². The minimum atomic E-state index is -1.36. The van der Waals surface area contributed by atoms with Crippen LogP contribution in [0.25, 0.3) is 10.9 Å². The van der Waals surface area contributed by atoms with E-state index in [9.17, 15) is 19.1 Å². The van der Waals surface area contributed by atoms with Crippen LogP contribution in [0.3, 0.4) is 0 Å². The van der Waals surface area contributed by atoms with Crippen LogP contribution >= 0.6 is 0 Å². The molecule has 1 heterocycles. The summed E-state index contributed by atoms with van der Waals surface area (Å²) in [5, 5.41) is 15.8. The molecule has 4 rings (SSSR count). The molecule has 0 unspecified atom stereocenters. The first-order valence-corrected chi connectivity index (χ1v) is 10.8. The fourth-order valence-electron chi connectivity index (χ4n) is 4.20. The second-order valence-electron chi connectivity index (χ2n) is 8.16. The lowest BCUT2D eigenvalue weighted by Gasteiger charge is -2.16. The Bertz CT molecular complexity index is 1210. The molecule has 7 nitrogen and oxygen atoms in total. The van der Waals surface area contributed by atoms with Crippen LogP contribution in [-0.4, -0.2) is 34.8 Å². The van der Waals surface area contributed by atoms with Crippen molar-refractivity contribution in [3.63, 3.8) is 0 Å². The molecule has 1 aliphatic carbocycles. The van der Waals surface area contributed by atoms with Crippen molar-refractivity contribution in [2.24, 2.45) is 0 Å². The predicted molar refractivity (Wildman–Crippen MR) is 124 cm³/mol. The van der Waals surface area contributed by atoms with Crippen molar-refractivity contribution in [2.45, 2.75) is 38.3 Å². The number of carboxylic acids is 1. The molecule has 0 spiro atoms. The third-order valence-electron chi connectivity index (χ3n) is 5.91. The zero-order valence-electron chi connectivity index (χ0n) is 17.9. The number of pyridine rings is 1. The van der Waals surface area contributed by atoms with E-state index >= 15 is 0 Å². The maximum absolute atomic E-state index is 14.9. The average Bonchev–Trinajstić information content (AvgIpc) is 3.56. The molecule has 0 amide bonds. The number of aromatic nitrogens is 1. The lowest BCUT2D eigenvalue weighted by Crippen LogP contribution is -2.25. The summed E-state index contributed by atoms with van der Waals surface area (Å²) in [5.74, 6) is -1.59. The van der Waals surface area contributed by atoms with Gasteiger partial charge in [-0.2, -0.15) is 0 Å². The molecule has 5 N–H and O–H groups in total. The van der Waals surface area contributed by atoms with Gasteiger partial charge in [0.15, 0.2) is 5.82 Å². The number of hydrogen-bond donors (Lipinski definition) is 4. The van der Waals surface area contributed by atoms with Crippen LogP contribution in [0.5, 0.6) is 0 Å². The third kappa shape index (κ3) is 4.18. The highest BCUT2D eigenvalue weighted by molar-refractivity contribution is 5.99. The van der Waals surface area contributed by atoms with Crippen LogP contribution in [-0.2, 0) is 6.54 Å². The quantitative estimate of drug-likeness (QED) is 0.301. The fourth-order valence-corrected chi connectivity index (χ4v) is 4.20. The minimum absolute atomic E-state index is 0.0943. The van der Waals surface area contributed by atoms with Gasteiger partial charge in [0.1, 0.15) is 5.56 Å². The van der Waals surface area contributed by atoms with Crippen molar-refractivity contribution in [3.8, 4) is 0 Å². The van der Waals surface area contributed by atoms with Crippen molar-refractivity contribution >= 4 is 28.2 Å². The summed E-state index contributed by atoms with van der Waals surface area (Å²) < 4.78 is 16.6. The zero-order chi connectivity index (χ0) is 22.8. The number of fused-ring (bicyclic) bond motifs is 1. The number of carbonyl (C=O) groups is 1. The number of nitrogens with zero attached hydrogens (tertiary/aromatic N) is 1. The lowest BCUT2D eigenvalue weighted by atomic mass is 10.1. The van der Waals surface area contributed by atoms with Crippen molar-refractivity contribution in [2.75, 3.05) is 24.1 Å². The molecule has 0 radical (unpaired) electrons. The van der Waals surface area contributed by atoms with E-state index in [1.807, 2.05) is 25.1 Å². The molecular formula is C24H27FN4O3. The Morgan fingerprint density at radius 2 is 2.03 bits per heavy atom. The Labute approximate surface area is 185 Å². The summed E-state index contributed by atoms with van der Waals surface area (Å²) in [4.78, 5) is 24.1. The summed E-state index contributed by atoms with van der Waals surface area (Å²) in [7, 11) is 0. The number of hydrogen-bond acceptors (Lipinski definition) is 5. The van der Waals surface area contributed by atoms with Crippen LogP contribution in [0, 0.1) is 5.82 Å². The number of nitrogens with two attached hydrogens (primary N) is 1. The average molecular weight is 439 g/mol. The molecule has 2 aromatic carbocycles. The van der Waals surface area contributed by atoms with Gasteiger partial charge >= 0.3 is 5.97 Å². The van der Waals surface area contributed by atoms with Crippen LogP contribution in [0.4, 0.5) is 15.8 Å². The van der Waals surface area contributed by atoms with Crippen LogP contribution in [0.1, 0.15) is 41.6 Å². The maximum atomic E-state index is 14.9. The number of anilines is 2. The standard InChI is InChI=1S/C24H27FN4O3/c1-2-10-29-13-16(24(31)32)23(30)20-19(29)12-18(21(25)22(20)26)28-9-8-27-17-11-15(17)14-6-4-3-5-7-14/h3-7,12-13,15,17,27-28H,2,8-11,26H2,1H3,(H,31,32)/t15-,17+/m0/s1. The van der Waals surface area contributed by atoms with E-state index in [2.05, 4.69) is 22.8 Å². The molecular weight excluding hydrogens is 411 g/mol. The second kappa shape index (κ2) is 9.00. The van der Waals surface area contributed by atoms with Crippen molar-refractivity contribution in [3.05, 3.63) is 69.8 Å². The summed E-state index contributed by atoms with van der Waals surface area (Å²) in [6, 6.07) is 12.3. The highest BCUT2D eigenvalue weighted by Gasteiger charge is 2.37. The largest absolute Gasteiger partial charge is 0.477 e. The van der Waals surface area contributed by atoms with Crippen LogP contribution in [0.15, 0.2) is 47.4 Å². The van der Waals surface area contributed by atoms with Crippen molar-refractivity contribution in [1.82, 2.24) is 9.88 Å². The molecule has 2 atom stereocenters. The van der Waals surface area contributed by atoms with Crippen molar-refractivity contribution < 1.29 is 14.3 Å². The zero-order valence-corrected chi connectivity index (χ0v) is 17.9. The topological polar surface area (TPSA) is 109 Å². The molecule has 0 bridgehead atoms. The molecule has 32 heavy (non-hydrogen) atoms. The van der Waals surface area contributed by atoms with Gasteiger partial charge in [-0.15, -0.1) is 0 Å². The Morgan fingerprint density at radius 3 is 2.72 bits per heavy atom. The number of halogens is 1. The number of nitrogen functional groups attached to an aromatic ring is 1. The monoisotopic (exact) mass is 438 g/mol. The highest BCUT2D eigenvalue weighted by atomic mass is 19.1. The first-order chi connectivity index (χ1) is 15.4. The molecule has 0 aliphatic heterocycles. The van der Waals surface area contributed by atoms with Gasteiger partial charge in [0.2, 0.25) is 5.43 Å². The Kier molecular flexibility index (Phi) is 6.14. The molecule has 1 saturated carbocycles. The van der Waals surface area contributed by atoms with Gasteiger partial charge in [0.05, 0.1) is 22.3 Å². The van der Waals surface area contributed by atoms with Gasteiger partial charge in [0, 0.05) is 37.8 Å². The van der Waals surface area contributed by atoms with Gasteiger partial charge in [-0.25, -0.2) is 9.18 Å². The molecule has 1 aromatic heterocycles. The molecule has 1 fully saturated rings. The number of carboxylic acid groups (broad SMARTS) is 1. The number of benzene rings is 2. The van der Waals surface area contributed by atoms with E-state index in [1.165, 1.54) is 17.8 Å². The smallest absolute Gasteiger partial charge is 0.341 e. The lowest BCUT2D eigenvalue weighted by molar-refractivity contribution is 0.0695. The summed E-state index contributed by atoms with van der Waals surface area (Å²) in [5.41, 5.74) is 6.37. The number of rotatable bonds is 9. The van der Waals surface area contributed by atoms with Crippen LogP contribution < -0.4 is 21.8 Å². The Hall–Kier alpha value is -3.39. The van der Waals surface area contributed by atoms with Crippen molar-refractivity contribution in [1.29, 1.82) is 0 Å². The fraction of sp³-hybridized carbons (Fsp3) is 0.333. The minimum Gasteiger partial charge on any atom is -0.477 e. The van der Waals surface area contributed by atoms with E-state index in [0.717, 1.165) is 6.42 Å². The molecule has 8 heteroatoms. The molecule has 0 saturated heterocycles. The van der Waals surface area contributed by atoms with Gasteiger partial charge < -0.3 is 26.0 Å². The van der Waals surface area contributed by atoms with E-state index in [-0.39, 0.29) is 16.8 Å². The SMILES string of the molecule is CCCn1cc(C(=O)O)c(=O)c2c(N)c(F)c(NCCN[C@@H]3C[C@H]3c3ccccc3)cc21. The van der Waals surface area contributed by atoms with Crippen LogP contribution in [0.2, 0.25) is 0 Å². The van der Waals surface area contributed by atoms with Gasteiger partial charge in [0.25, 0.3) is 0 Å². The van der Waals surface area contributed by atoms with E-state index in [1.54, 1.807) is 4.57 Å². The summed E-state index contributed by atoms with van der Waals surface area (Å²) in [6.07, 6.45) is 3.09. The second-order valence-corrected chi connectivity index (χ2v) is 8.16. The highest BCUT2D eigenvalue weighted by Crippen LogP contribution is 2.40. The molecule has 168 valence electrons. The Balaban J connectivity index is 1.50. The first-order valence-electron chi connectivity index (χ1n) is 10.8. The predicted octanol–water partition coefficient (Wildman–Crippen LogP) is 3.39. The first kappa shape index (κ1) is 21.8. The van der Waals surface area contributed by atoms with Gasteiger partial charge in [-0.1, -0.05) is 37.3 Å². The van der Waals surface area contributed by atoms with Gasteiger partial charge in [-0.3, -0.25) is 4.79 Å². The van der Waals surface area contributed by atoms with Gasteiger partial charge in [-0.05, 0) is 24.5 Å². The maximum Gasteiger partial charge on any atom is 0.341 e. The number of aryl methyl sites for hydroxylation is 1. The summed E-state index contributed by atoms with van der Waals surface area (Å²) in [6.45, 7) is 3.53. The van der Waals surface area contributed by atoms with E-state index in [4.69, 9.17) is 5.73 Å². The Morgan fingerprint density at radius 1 is 1.28 bits per heavy atom. The normalized spacial score (nSPS) is 17.4.